The first kappa shape index (κ1) is 14.4. The van der Waals surface area contributed by atoms with Gasteiger partial charge in [-0.25, -0.2) is 0 Å². The maximum atomic E-state index is 13.0. The number of likely N-dealkylation sites (tertiary alicyclic amines) is 1. The second-order valence-corrected chi connectivity index (χ2v) is 6.61. The van der Waals surface area contributed by atoms with E-state index in [9.17, 15) is 14.7 Å². The van der Waals surface area contributed by atoms with Gasteiger partial charge in [-0.3, -0.25) is 9.59 Å². The molecule has 3 aliphatic rings. The molecule has 1 aromatic rings. The van der Waals surface area contributed by atoms with Crippen LogP contribution in [0.1, 0.15) is 28.8 Å². The van der Waals surface area contributed by atoms with Gasteiger partial charge in [0.2, 0.25) is 0 Å². The van der Waals surface area contributed by atoms with Gasteiger partial charge in [0, 0.05) is 24.2 Å². The van der Waals surface area contributed by atoms with Gasteiger partial charge in [-0.05, 0) is 30.9 Å². The van der Waals surface area contributed by atoms with Crippen molar-refractivity contribution in [1.82, 2.24) is 4.90 Å². The zero-order valence-electron chi connectivity index (χ0n) is 13.0. The van der Waals surface area contributed by atoms with Crippen LogP contribution < -0.4 is 0 Å². The number of benzene rings is 1. The van der Waals surface area contributed by atoms with Crippen LogP contribution in [-0.2, 0) is 11.2 Å². The third-order valence-corrected chi connectivity index (χ3v) is 5.53. The molecular weight excluding hydrogens is 290 g/mol. The van der Waals surface area contributed by atoms with Crippen LogP contribution >= 0.6 is 0 Å². The smallest absolute Gasteiger partial charge is 0.259 e. The van der Waals surface area contributed by atoms with Gasteiger partial charge in [-0.15, -0.1) is 0 Å². The number of aliphatic hydroxyl groups is 1. The lowest BCUT2D eigenvalue weighted by Gasteiger charge is -2.37. The normalized spacial score (nSPS) is 32.6. The van der Waals surface area contributed by atoms with Crippen molar-refractivity contribution in [3.8, 4) is 0 Å². The van der Waals surface area contributed by atoms with E-state index in [1.165, 1.54) is 4.90 Å². The number of amides is 1. The third-order valence-electron chi connectivity index (χ3n) is 5.53. The lowest BCUT2D eigenvalue weighted by molar-refractivity contribution is -0.149. The van der Waals surface area contributed by atoms with Crippen molar-refractivity contribution in [2.75, 3.05) is 7.05 Å². The molecule has 0 aromatic heterocycles. The Hall–Kier alpha value is -2.20. The Balaban J connectivity index is 1.78. The Bertz CT molecular complexity index is 764. The Kier molecular flexibility index (Phi) is 3.07. The number of rotatable bonds is 1. The molecule has 0 bridgehead atoms. The highest BCUT2D eigenvalue weighted by Crippen LogP contribution is 2.48. The lowest BCUT2D eigenvalue weighted by atomic mass is 9.67. The van der Waals surface area contributed by atoms with Crippen LogP contribution in [-0.4, -0.2) is 34.3 Å². The van der Waals surface area contributed by atoms with Crippen LogP contribution in [0.2, 0.25) is 0 Å². The lowest BCUT2D eigenvalue weighted by Crippen LogP contribution is -2.53. The van der Waals surface area contributed by atoms with Crippen molar-refractivity contribution in [3.05, 3.63) is 59.3 Å². The molecule has 118 valence electrons. The molecule has 4 nitrogen and oxygen atoms in total. The molecule has 1 heterocycles. The molecule has 1 fully saturated rings. The van der Waals surface area contributed by atoms with E-state index in [4.69, 9.17) is 0 Å². The quantitative estimate of drug-likeness (QED) is 0.864. The molecule has 0 spiro atoms. The summed E-state index contributed by atoms with van der Waals surface area (Å²) in [5.74, 6) is -1.46. The molecule has 0 radical (unpaired) electrons. The van der Waals surface area contributed by atoms with Gasteiger partial charge in [0.05, 0.1) is 5.92 Å². The molecule has 1 aromatic carbocycles. The van der Waals surface area contributed by atoms with Crippen LogP contribution in [0.15, 0.2) is 48.2 Å². The zero-order valence-corrected chi connectivity index (χ0v) is 13.0. The van der Waals surface area contributed by atoms with E-state index < -0.39 is 11.5 Å². The molecule has 3 atom stereocenters. The summed E-state index contributed by atoms with van der Waals surface area (Å²) in [5, 5.41) is 11.4. The molecule has 2 aliphatic carbocycles. The van der Waals surface area contributed by atoms with Crippen molar-refractivity contribution in [2.45, 2.75) is 24.9 Å². The summed E-state index contributed by atoms with van der Waals surface area (Å²) in [5.41, 5.74) is 0.842. The number of carbonyl (C=O) groups excluding carboxylic acids is 2. The number of carbonyl (C=O) groups is 2. The number of likely N-dealkylation sites (N-methyl/N-ethyl adjacent to an activating group) is 1. The Morgan fingerprint density at radius 3 is 2.83 bits per heavy atom. The number of hydrogen-bond donors (Lipinski definition) is 1. The first-order chi connectivity index (χ1) is 11.0. The highest BCUT2D eigenvalue weighted by atomic mass is 16.3. The van der Waals surface area contributed by atoms with E-state index in [1.807, 2.05) is 36.4 Å². The molecular formula is C19H19NO3. The zero-order chi connectivity index (χ0) is 16.2. The van der Waals surface area contributed by atoms with Crippen LogP contribution in [0.5, 0.6) is 0 Å². The molecule has 4 rings (SSSR count). The van der Waals surface area contributed by atoms with Crippen LogP contribution in [0.4, 0.5) is 0 Å². The van der Waals surface area contributed by atoms with E-state index in [0.717, 1.165) is 11.3 Å². The van der Waals surface area contributed by atoms with Gasteiger partial charge in [-0.2, -0.15) is 0 Å². The van der Waals surface area contributed by atoms with Crippen molar-refractivity contribution in [1.29, 1.82) is 0 Å². The first-order valence-corrected chi connectivity index (χ1v) is 8.04. The Morgan fingerprint density at radius 1 is 1.22 bits per heavy atom. The van der Waals surface area contributed by atoms with Crippen LogP contribution in [0, 0.1) is 11.8 Å². The largest absolute Gasteiger partial charge is 0.378 e. The fourth-order valence-electron chi connectivity index (χ4n) is 4.31. The van der Waals surface area contributed by atoms with E-state index in [1.54, 1.807) is 13.1 Å². The van der Waals surface area contributed by atoms with Gasteiger partial charge >= 0.3 is 0 Å². The van der Waals surface area contributed by atoms with E-state index in [-0.39, 0.29) is 17.6 Å². The summed E-state index contributed by atoms with van der Waals surface area (Å²) in [6.07, 6.45) is 7.54. The van der Waals surface area contributed by atoms with E-state index in [2.05, 4.69) is 0 Å². The molecule has 4 heteroatoms. The first-order valence-electron chi connectivity index (χ1n) is 8.04. The van der Waals surface area contributed by atoms with Crippen molar-refractivity contribution in [3.63, 3.8) is 0 Å². The molecule has 1 saturated heterocycles. The maximum absolute atomic E-state index is 13.0. The van der Waals surface area contributed by atoms with Crippen LogP contribution in [0.3, 0.4) is 0 Å². The summed E-state index contributed by atoms with van der Waals surface area (Å²) in [6, 6.07) is 7.50. The highest BCUT2D eigenvalue weighted by Gasteiger charge is 2.61. The molecule has 23 heavy (non-hydrogen) atoms. The molecule has 1 amide bonds. The minimum atomic E-state index is -1.63. The van der Waals surface area contributed by atoms with Gasteiger partial charge in [-0.1, -0.05) is 36.4 Å². The second-order valence-electron chi connectivity index (χ2n) is 6.61. The fraction of sp³-hybridized carbons (Fsp3) is 0.368. The number of aryl methyl sites for hydroxylation is 1. The third kappa shape index (κ3) is 1.81. The predicted octanol–water partition coefficient (Wildman–Crippen LogP) is 2.09. The number of Topliss-reactive ketones (excluding diaryl/α,β-unsaturated/α-hetero) is 1. The number of nitrogens with zero attached hydrogens (tertiary/aromatic N) is 1. The van der Waals surface area contributed by atoms with Crippen molar-refractivity contribution >= 4 is 11.7 Å². The number of hydrogen-bond acceptors (Lipinski definition) is 3. The van der Waals surface area contributed by atoms with Gasteiger partial charge in [0.25, 0.3) is 5.91 Å². The maximum Gasteiger partial charge on any atom is 0.259 e. The number of fused-ring (bicyclic) bond motifs is 2. The van der Waals surface area contributed by atoms with Crippen molar-refractivity contribution in [2.24, 2.45) is 11.8 Å². The standard InChI is InChI=1S/C19H19NO3/c1-20-16-9-5-4-8-14(16)19(23,18(20)22)15-11-10-12-6-2-3-7-13(12)17(15)21/h2-7,9,14-15,23H,8,10-11H2,1H3/t14?,15-,19+/m0/s1. The average Bonchev–Trinajstić information content (AvgIpc) is 2.78. The summed E-state index contributed by atoms with van der Waals surface area (Å²) in [7, 11) is 1.68. The Morgan fingerprint density at radius 2 is 2.00 bits per heavy atom. The fourth-order valence-corrected chi connectivity index (χ4v) is 4.31. The topological polar surface area (TPSA) is 57.6 Å². The second kappa shape index (κ2) is 4.90. The number of allylic oxidation sites excluding steroid dienone is 3. The predicted molar refractivity (Wildman–Crippen MR) is 85.6 cm³/mol. The molecule has 0 saturated carbocycles. The van der Waals surface area contributed by atoms with Gasteiger partial charge in [0.15, 0.2) is 11.4 Å². The highest BCUT2D eigenvalue weighted by molar-refractivity contribution is 6.05. The molecule has 1 unspecified atom stereocenters. The number of ketones is 1. The van der Waals surface area contributed by atoms with E-state index >= 15 is 0 Å². The Labute approximate surface area is 135 Å². The summed E-state index contributed by atoms with van der Waals surface area (Å²) < 4.78 is 0. The monoisotopic (exact) mass is 309 g/mol. The molecule has 1 aliphatic heterocycles. The van der Waals surface area contributed by atoms with Gasteiger partial charge < -0.3 is 10.0 Å². The van der Waals surface area contributed by atoms with Crippen molar-refractivity contribution < 1.29 is 14.7 Å². The summed E-state index contributed by atoms with van der Waals surface area (Å²) in [4.78, 5) is 27.3. The molecule has 1 N–H and O–H groups in total. The average molecular weight is 309 g/mol. The van der Waals surface area contributed by atoms with Gasteiger partial charge in [0.1, 0.15) is 0 Å². The SMILES string of the molecule is CN1C(=O)[C@](O)([C@H]2CCc3ccccc3C2=O)C2CC=CC=C21. The van der Waals surface area contributed by atoms with Crippen LogP contribution in [0.25, 0.3) is 0 Å². The minimum absolute atomic E-state index is 0.105. The summed E-state index contributed by atoms with van der Waals surface area (Å²) in [6.45, 7) is 0. The minimum Gasteiger partial charge on any atom is -0.378 e. The summed E-state index contributed by atoms with van der Waals surface area (Å²) >= 11 is 0. The van der Waals surface area contributed by atoms with E-state index in [0.29, 0.717) is 24.8 Å².